The second-order valence-electron chi connectivity index (χ2n) is 10.3. The van der Waals surface area contributed by atoms with Crippen LogP contribution in [0.25, 0.3) is 22.4 Å². The summed E-state index contributed by atoms with van der Waals surface area (Å²) in [4.78, 5) is 21.3. The molecule has 36 heavy (non-hydrogen) atoms. The van der Waals surface area contributed by atoms with Gasteiger partial charge in [0.25, 0.3) is 0 Å². The third-order valence-electron chi connectivity index (χ3n) is 7.59. The van der Waals surface area contributed by atoms with E-state index in [2.05, 4.69) is 25.5 Å². The normalized spacial score (nSPS) is 16.3. The van der Waals surface area contributed by atoms with Crippen LogP contribution >= 0.6 is 0 Å². The third-order valence-corrected chi connectivity index (χ3v) is 7.59. The van der Waals surface area contributed by atoms with Crippen molar-refractivity contribution < 1.29 is 9.18 Å². The Labute approximate surface area is 209 Å². The van der Waals surface area contributed by atoms with Gasteiger partial charge in [0.15, 0.2) is 0 Å². The second kappa shape index (κ2) is 9.04. The Kier molecular flexibility index (Phi) is 5.70. The molecular weight excluding hydrogens is 453 g/mol. The number of carbonyl (C=O) groups excluding carboxylic acids is 1. The largest absolute Gasteiger partial charge is 0.325 e. The van der Waals surface area contributed by atoms with Crippen LogP contribution in [0.1, 0.15) is 48.8 Å². The van der Waals surface area contributed by atoms with E-state index in [0.717, 1.165) is 48.2 Å². The summed E-state index contributed by atoms with van der Waals surface area (Å²) in [5.74, 6) is 0.454. The number of aromatic amines is 2. The van der Waals surface area contributed by atoms with Gasteiger partial charge >= 0.3 is 0 Å². The van der Waals surface area contributed by atoms with Crippen LogP contribution in [0.2, 0.25) is 0 Å². The van der Waals surface area contributed by atoms with E-state index >= 15 is 4.39 Å². The van der Waals surface area contributed by atoms with Gasteiger partial charge < -0.3 is 10.3 Å². The maximum atomic E-state index is 15.0. The van der Waals surface area contributed by atoms with E-state index in [1.165, 1.54) is 0 Å². The fourth-order valence-corrected chi connectivity index (χ4v) is 5.59. The molecule has 6 rings (SSSR count). The lowest BCUT2D eigenvalue weighted by Crippen LogP contribution is -2.31. The number of imidazole rings is 1. The van der Waals surface area contributed by atoms with E-state index in [1.54, 1.807) is 0 Å². The number of hydrogen-bond acceptors (Lipinski definition) is 3. The van der Waals surface area contributed by atoms with Crippen molar-refractivity contribution in [1.29, 1.82) is 0 Å². The summed E-state index contributed by atoms with van der Waals surface area (Å²) in [6.07, 6.45) is 4.49. The maximum Gasteiger partial charge on any atom is 0.235 e. The van der Waals surface area contributed by atoms with Crippen molar-refractivity contribution in [3.63, 3.8) is 0 Å². The predicted molar refractivity (Wildman–Crippen MR) is 138 cm³/mol. The molecule has 4 aromatic rings. The van der Waals surface area contributed by atoms with E-state index in [0.29, 0.717) is 28.9 Å². The highest BCUT2D eigenvalue weighted by molar-refractivity contribution is 5.96. The zero-order chi connectivity index (χ0) is 24.8. The second-order valence-corrected chi connectivity index (χ2v) is 10.3. The number of benzene rings is 2. The van der Waals surface area contributed by atoms with E-state index in [-0.39, 0.29) is 17.5 Å². The molecule has 0 spiro atoms. The van der Waals surface area contributed by atoms with Gasteiger partial charge in [-0.05, 0) is 75.0 Å². The molecule has 0 bridgehead atoms. The van der Waals surface area contributed by atoms with Gasteiger partial charge in [0.2, 0.25) is 11.9 Å². The molecule has 2 aromatic carbocycles. The van der Waals surface area contributed by atoms with Crippen LogP contribution in [0.5, 0.6) is 0 Å². The molecule has 2 aliphatic rings. The number of amides is 1. The SMILES string of the molecule is Cc1n[nH]c(C)c1-c1ccc(NC(=O)C(c2nc(-c3ccccc3)c(F)[nH]2)C(C2CC2)C2CC2)cc1. The average Bonchev–Trinajstić information content (AvgIpc) is 3.81. The molecule has 0 saturated heterocycles. The van der Waals surface area contributed by atoms with Crippen LogP contribution in [-0.4, -0.2) is 26.1 Å². The predicted octanol–water partition coefficient (Wildman–Crippen LogP) is 6.38. The molecule has 0 aliphatic heterocycles. The number of nitrogens with one attached hydrogen (secondary N) is 3. The number of anilines is 1. The minimum Gasteiger partial charge on any atom is -0.325 e. The molecule has 1 atom stereocenters. The lowest BCUT2D eigenvalue weighted by atomic mass is 9.82. The highest BCUT2D eigenvalue weighted by Gasteiger charge is 2.49. The van der Waals surface area contributed by atoms with Crippen molar-refractivity contribution in [2.75, 3.05) is 5.32 Å². The Morgan fingerprint density at radius 1 is 0.972 bits per heavy atom. The molecule has 7 heteroatoms. The van der Waals surface area contributed by atoms with Crippen LogP contribution in [0.4, 0.5) is 10.1 Å². The van der Waals surface area contributed by atoms with Gasteiger partial charge in [0.05, 0.1) is 11.6 Å². The summed E-state index contributed by atoms with van der Waals surface area (Å²) < 4.78 is 15.0. The Hall–Kier alpha value is -3.74. The van der Waals surface area contributed by atoms with Crippen LogP contribution < -0.4 is 5.32 Å². The highest BCUT2D eigenvalue weighted by atomic mass is 19.1. The number of aromatic nitrogens is 4. The minimum atomic E-state index is -0.519. The van der Waals surface area contributed by atoms with E-state index in [4.69, 9.17) is 0 Å². The minimum absolute atomic E-state index is 0.129. The van der Waals surface area contributed by atoms with Crippen molar-refractivity contribution in [3.8, 4) is 22.4 Å². The van der Waals surface area contributed by atoms with Crippen molar-refractivity contribution >= 4 is 11.6 Å². The Balaban J connectivity index is 1.30. The first-order valence-corrected chi connectivity index (χ1v) is 12.7. The molecule has 2 aromatic heterocycles. The molecular formula is C29H30FN5O. The molecule has 2 heterocycles. The molecule has 1 amide bonds. The summed E-state index contributed by atoms with van der Waals surface area (Å²) in [5, 5.41) is 10.4. The average molecular weight is 484 g/mol. The first kappa shape index (κ1) is 22.7. The Bertz CT molecular complexity index is 1350. The maximum absolute atomic E-state index is 15.0. The van der Waals surface area contributed by atoms with Gasteiger partial charge in [-0.3, -0.25) is 9.89 Å². The molecule has 2 aliphatic carbocycles. The van der Waals surface area contributed by atoms with Gasteiger partial charge in [0, 0.05) is 22.5 Å². The number of H-pyrrole nitrogens is 2. The molecule has 3 N–H and O–H groups in total. The summed E-state index contributed by atoms with van der Waals surface area (Å²) >= 11 is 0. The number of carbonyl (C=O) groups is 1. The monoisotopic (exact) mass is 483 g/mol. The smallest absolute Gasteiger partial charge is 0.235 e. The lowest BCUT2D eigenvalue weighted by molar-refractivity contribution is -0.119. The van der Waals surface area contributed by atoms with E-state index < -0.39 is 11.9 Å². The van der Waals surface area contributed by atoms with Gasteiger partial charge in [0.1, 0.15) is 11.5 Å². The number of nitrogens with zero attached hydrogens (tertiary/aromatic N) is 2. The first-order valence-electron chi connectivity index (χ1n) is 12.7. The summed E-state index contributed by atoms with van der Waals surface area (Å²) in [7, 11) is 0. The van der Waals surface area contributed by atoms with Crippen LogP contribution in [0.3, 0.4) is 0 Å². The van der Waals surface area contributed by atoms with E-state index in [1.807, 2.05) is 68.4 Å². The molecule has 184 valence electrons. The molecule has 6 nitrogen and oxygen atoms in total. The van der Waals surface area contributed by atoms with Crippen LogP contribution in [-0.2, 0) is 4.79 Å². The zero-order valence-corrected chi connectivity index (χ0v) is 20.5. The fraction of sp³-hybridized carbons (Fsp3) is 0.345. The number of aryl methyl sites for hydroxylation is 2. The standard InChI is InChI=1S/C29H30FN5O/c1-16-23(17(2)35-34-16)18-12-14-22(15-13-18)31-29(36)25(24(19-8-9-19)20-10-11-20)28-32-26(27(30)33-28)21-6-4-3-5-7-21/h3-7,12-15,19-20,24-25H,8-11H2,1-2H3,(H,31,36)(H,32,33)(H,34,35). The van der Waals surface area contributed by atoms with Crippen molar-refractivity contribution in [1.82, 2.24) is 20.2 Å². The Morgan fingerprint density at radius 3 is 2.22 bits per heavy atom. The highest BCUT2D eigenvalue weighted by Crippen LogP contribution is 2.55. The quantitative estimate of drug-likeness (QED) is 0.272. The molecule has 1 unspecified atom stereocenters. The zero-order valence-electron chi connectivity index (χ0n) is 20.5. The molecule has 2 saturated carbocycles. The molecule has 0 radical (unpaired) electrons. The van der Waals surface area contributed by atoms with Gasteiger partial charge in [-0.25, -0.2) is 4.98 Å². The van der Waals surface area contributed by atoms with Crippen LogP contribution in [0.15, 0.2) is 54.6 Å². The lowest BCUT2D eigenvalue weighted by Gasteiger charge is -2.25. The topological polar surface area (TPSA) is 86.5 Å². The fourth-order valence-electron chi connectivity index (χ4n) is 5.59. The summed E-state index contributed by atoms with van der Waals surface area (Å²) in [5.41, 5.74) is 5.75. The van der Waals surface area contributed by atoms with E-state index in [9.17, 15) is 4.79 Å². The third kappa shape index (κ3) is 4.34. The number of hydrogen-bond donors (Lipinski definition) is 3. The first-order chi connectivity index (χ1) is 17.5. The van der Waals surface area contributed by atoms with Gasteiger partial charge in [-0.2, -0.15) is 9.49 Å². The van der Waals surface area contributed by atoms with Crippen molar-refractivity contribution in [2.45, 2.75) is 45.4 Å². The number of halogens is 1. The van der Waals surface area contributed by atoms with Gasteiger partial charge in [-0.1, -0.05) is 42.5 Å². The molecule has 2 fully saturated rings. The summed E-state index contributed by atoms with van der Waals surface area (Å²) in [6, 6.07) is 17.1. The van der Waals surface area contributed by atoms with Crippen molar-refractivity contribution in [3.05, 3.63) is 77.8 Å². The van der Waals surface area contributed by atoms with Crippen LogP contribution in [0, 0.1) is 37.5 Å². The van der Waals surface area contributed by atoms with Gasteiger partial charge in [-0.15, -0.1) is 0 Å². The van der Waals surface area contributed by atoms with Crippen molar-refractivity contribution in [2.24, 2.45) is 17.8 Å². The Morgan fingerprint density at radius 2 is 1.64 bits per heavy atom. The number of rotatable bonds is 8. The summed E-state index contributed by atoms with van der Waals surface area (Å²) in [6.45, 7) is 3.97.